The van der Waals surface area contributed by atoms with Gasteiger partial charge in [-0.1, -0.05) is 24.9 Å². The predicted octanol–water partition coefficient (Wildman–Crippen LogP) is 3.34. The van der Waals surface area contributed by atoms with Gasteiger partial charge < -0.3 is 15.0 Å². The van der Waals surface area contributed by atoms with Crippen LogP contribution in [0.25, 0.3) is 0 Å². The van der Waals surface area contributed by atoms with Gasteiger partial charge in [0.15, 0.2) is 0 Å². The summed E-state index contributed by atoms with van der Waals surface area (Å²) in [6, 6.07) is 7.47. The molecule has 21 heavy (non-hydrogen) atoms. The van der Waals surface area contributed by atoms with Crippen LogP contribution in [0.5, 0.6) is 0 Å². The Hall–Kier alpha value is -0.780. The lowest BCUT2D eigenvalue weighted by Crippen LogP contribution is -2.43. The molecule has 1 aliphatic heterocycles. The van der Waals surface area contributed by atoms with E-state index in [1.165, 1.54) is 0 Å². The van der Waals surface area contributed by atoms with Gasteiger partial charge in [0.1, 0.15) is 0 Å². The van der Waals surface area contributed by atoms with Crippen LogP contribution in [0.2, 0.25) is 0 Å². The van der Waals surface area contributed by atoms with Gasteiger partial charge in [-0.25, -0.2) is 4.79 Å². The summed E-state index contributed by atoms with van der Waals surface area (Å²) in [5, 5.41) is 3.32. The first-order valence-electron chi connectivity index (χ1n) is 7.19. The first-order valence-corrected chi connectivity index (χ1v) is 8.36. The third kappa shape index (κ3) is 4.87. The lowest BCUT2D eigenvalue weighted by atomic mass is 10.2. The quantitative estimate of drug-likeness (QED) is 0.633. The highest BCUT2D eigenvalue weighted by Gasteiger charge is 2.27. The SMILES string of the molecule is CCCC(Cl)(Br)OC(=O)c1ccc(N2CCNCC2)cc1. The average molecular weight is 376 g/mol. The minimum atomic E-state index is -1.12. The van der Waals surface area contributed by atoms with E-state index in [0.29, 0.717) is 12.0 Å². The molecule has 0 spiro atoms. The molecule has 1 aliphatic rings. The molecular weight excluding hydrogens is 356 g/mol. The average Bonchev–Trinajstić information content (AvgIpc) is 2.48. The molecule has 0 bridgehead atoms. The molecule has 1 heterocycles. The van der Waals surface area contributed by atoms with Gasteiger partial charge in [-0.2, -0.15) is 0 Å². The molecule has 0 aromatic heterocycles. The Kier molecular flexibility index (Phi) is 5.90. The van der Waals surface area contributed by atoms with Crippen molar-refractivity contribution in [2.75, 3.05) is 31.1 Å². The number of nitrogens with zero attached hydrogens (tertiary/aromatic N) is 1. The van der Waals surface area contributed by atoms with Crippen molar-refractivity contribution in [1.29, 1.82) is 0 Å². The molecule has 2 rings (SSSR count). The van der Waals surface area contributed by atoms with Crippen LogP contribution in [0.3, 0.4) is 0 Å². The normalized spacial score (nSPS) is 18.1. The lowest BCUT2D eigenvalue weighted by molar-refractivity contribution is 0.0388. The summed E-state index contributed by atoms with van der Waals surface area (Å²) in [7, 11) is 0. The highest BCUT2D eigenvalue weighted by molar-refractivity contribution is 9.10. The maximum atomic E-state index is 12.1. The molecular formula is C15H20BrClN2O2. The monoisotopic (exact) mass is 374 g/mol. The molecule has 1 atom stereocenters. The molecule has 1 saturated heterocycles. The van der Waals surface area contributed by atoms with E-state index in [1.807, 2.05) is 19.1 Å². The molecule has 0 amide bonds. The van der Waals surface area contributed by atoms with Crippen LogP contribution in [0.1, 0.15) is 30.1 Å². The number of anilines is 1. The summed E-state index contributed by atoms with van der Waals surface area (Å²) >= 11 is 9.32. The second kappa shape index (κ2) is 7.47. The fourth-order valence-corrected chi connectivity index (χ4v) is 3.07. The third-order valence-corrected chi connectivity index (χ3v) is 4.19. The number of esters is 1. The first-order chi connectivity index (χ1) is 10.0. The second-order valence-corrected chi connectivity index (χ2v) is 7.41. The van der Waals surface area contributed by atoms with Crippen LogP contribution in [-0.4, -0.2) is 36.1 Å². The van der Waals surface area contributed by atoms with Crippen LogP contribution >= 0.6 is 27.5 Å². The zero-order valence-corrected chi connectivity index (χ0v) is 14.4. The zero-order chi connectivity index (χ0) is 15.3. The number of alkyl halides is 2. The van der Waals surface area contributed by atoms with Crippen molar-refractivity contribution >= 4 is 39.2 Å². The van der Waals surface area contributed by atoms with Crippen molar-refractivity contribution in [3.8, 4) is 0 Å². The fraction of sp³-hybridized carbons (Fsp3) is 0.533. The summed E-state index contributed by atoms with van der Waals surface area (Å²) in [6.45, 7) is 5.91. The molecule has 6 heteroatoms. The van der Waals surface area contributed by atoms with Gasteiger partial charge in [0.2, 0.25) is 3.97 Å². The molecule has 1 aromatic carbocycles. The van der Waals surface area contributed by atoms with Crippen molar-refractivity contribution in [2.45, 2.75) is 23.7 Å². The number of hydrogen-bond acceptors (Lipinski definition) is 4. The molecule has 0 radical (unpaired) electrons. The predicted molar refractivity (Wildman–Crippen MR) is 89.4 cm³/mol. The molecule has 1 N–H and O–H groups in total. The molecule has 0 aliphatic carbocycles. The number of piperazine rings is 1. The van der Waals surface area contributed by atoms with Gasteiger partial charge in [0.05, 0.1) is 5.56 Å². The number of benzene rings is 1. The summed E-state index contributed by atoms with van der Waals surface area (Å²) < 4.78 is 4.15. The van der Waals surface area contributed by atoms with Crippen molar-refractivity contribution < 1.29 is 9.53 Å². The van der Waals surface area contributed by atoms with E-state index < -0.39 is 9.94 Å². The van der Waals surface area contributed by atoms with Crippen molar-refractivity contribution in [1.82, 2.24) is 5.32 Å². The second-order valence-electron chi connectivity index (χ2n) is 5.06. The standard InChI is InChI=1S/C15H20BrClN2O2/c1-2-7-15(16,17)21-14(20)12-3-5-13(6-4-12)19-10-8-18-9-11-19/h3-6,18H,2,7-11H2,1H3. The number of nitrogens with one attached hydrogen (secondary N) is 1. The molecule has 1 unspecified atom stereocenters. The Labute approximate surface area is 138 Å². The van der Waals surface area contributed by atoms with Crippen LogP contribution in [-0.2, 0) is 4.74 Å². The van der Waals surface area contributed by atoms with Crippen LogP contribution in [0, 0.1) is 0 Å². The highest BCUT2D eigenvalue weighted by atomic mass is 79.9. The highest BCUT2D eigenvalue weighted by Crippen LogP contribution is 2.31. The summed E-state index contributed by atoms with van der Waals surface area (Å²) in [5.41, 5.74) is 1.63. The Morgan fingerprint density at radius 1 is 1.38 bits per heavy atom. The van der Waals surface area contributed by atoms with E-state index >= 15 is 0 Å². The summed E-state index contributed by atoms with van der Waals surface area (Å²) in [5.74, 6) is -0.415. The molecule has 116 valence electrons. The summed E-state index contributed by atoms with van der Waals surface area (Å²) in [4.78, 5) is 14.4. The number of ether oxygens (including phenoxy) is 1. The van der Waals surface area contributed by atoms with Gasteiger partial charge in [-0.15, -0.1) is 0 Å². The Bertz CT molecular complexity index is 473. The van der Waals surface area contributed by atoms with Crippen molar-refractivity contribution in [3.63, 3.8) is 0 Å². The van der Waals surface area contributed by atoms with E-state index in [9.17, 15) is 4.79 Å². The van der Waals surface area contributed by atoms with Gasteiger partial charge in [0, 0.05) is 38.3 Å². The topological polar surface area (TPSA) is 41.6 Å². The van der Waals surface area contributed by atoms with Gasteiger partial charge in [-0.3, -0.25) is 0 Å². The van der Waals surface area contributed by atoms with E-state index in [4.69, 9.17) is 16.3 Å². The largest absolute Gasteiger partial charge is 0.429 e. The maximum Gasteiger partial charge on any atom is 0.340 e. The molecule has 4 nitrogen and oxygen atoms in total. The first kappa shape index (κ1) is 16.6. The van der Waals surface area contributed by atoms with E-state index in [-0.39, 0.29) is 0 Å². The summed E-state index contributed by atoms with van der Waals surface area (Å²) in [6.07, 6.45) is 1.38. The van der Waals surface area contributed by atoms with E-state index in [1.54, 1.807) is 12.1 Å². The third-order valence-electron chi connectivity index (χ3n) is 3.37. The van der Waals surface area contributed by atoms with Crippen LogP contribution in [0.15, 0.2) is 24.3 Å². The van der Waals surface area contributed by atoms with E-state index in [2.05, 4.69) is 26.1 Å². The van der Waals surface area contributed by atoms with Crippen molar-refractivity contribution in [3.05, 3.63) is 29.8 Å². The fourth-order valence-electron chi connectivity index (χ4n) is 2.27. The van der Waals surface area contributed by atoms with Crippen LogP contribution in [0.4, 0.5) is 5.69 Å². The number of carbonyl (C=O) groups is 1. The zero-order valence-electron chi connectivity index (χ0n) is 12.1. The Morgan fingerprint density at radius 2 is 2.00 bits per heavy atom. The van der Waals surface area contributed by atoms with Crippen LogP contribution < -0.4 is 10.2 Å². The van der Waals surface area contributed by atoms with Gasteiger partial charge in [0.25, 0.3) is 0 Å². The molecule has 1 fully saturated rings. The number of halogens is 2. The molecule has 0 saturated carbocycles. The van der Waals surface area contributed by atoms with Gasteiger partial charge in [-0.05, 0) is 40.2 Å². The number of rotatable bonds is 5. The number of carbonyl (C=O) groups excluding carboxylic acids is 1. The Morgan fingerprint density at radius 3 is 2.57 bits per heavy atom. The molecule has 1 aromatic rings. The minimum Gasteiger partial charge on any atom is -0.429 e. The maximum absolute atomic E-state index is 12.1. The smallest absolute Gasteiger partial charge is 0.340 e. The Balaban J connectivity index is 1.99. The van der Waals surface area contributed by atoms with E-state index in [0.717, 1.165) is 38.3 Å². The lowest BCUT2D eigenvalue weighted by Gasteiger charge is -2.29. The van der Waals surface area contributed by atoms with Crippen molar-refractivity contribution in [2.24, 2.45) is 0 Å². The van der Waals surface area contributed by atoms with Gasteiger partial charge >= 0.3 is 5.97 Å². The minimum absolute atomic E-state index is 0.415. The number of hydrogen-bond donors (Lipinski definition) is 1.